The van der Waals surface area contributed by atoms with Crippen LogP contribution >= 0.6 is 0 Å². The zero-order chi connectivity index (χ0) is 15.3. The SMILES string of the molecule is CNCCC1CCCCN1S(=O)(=O)N(C)C1CCCCC1. The molecular weight excluding hydrogens is 286 g/mol. The quantitative estimate of drug-likeness (QED) is 0.815. The Bertz CT molecular complexity index is 407. The van der Waals surface area contributed by atoms with Gasteiger partial charge in [0.05, 0.1) is 0 Å². The number of hydrogen-bond acceptors (Lipinski definition) is 3. The molecule has 6 heteroatoms. The van der Waals surface area contributed by atoms with Gasteiger partial charge in [0, 0.05) is 25.7 Å². The van der Waals surface area contributed by atoms with Crippen molar-refractivity contribution in [2.24, 2.45) is 0 Å². The van der Waals surface area contributed by atoms with E-state index in [1.165, 1.54) is 6.42 Å². The Morgan fingerprint density at radius 1 is 1.10 bits per heavy atom. The molecule has 0 aromatic carbocycles. The van der Waals surface area contributed by atoms with E-state index in [4.69, 9.17) is 0 Å². The molecule has 5 nitrogen and oxygen atoms in total. The molecule has 1 saturated carbocycles. The normalized spacial score (nSPS) is 26.3. The smallest absolute Gasteiger partial charge is 0.282 e. The Labute approximate surface area is 130 Å². The molecule has 2 aliphatic rings. The first kappa shape index (κ1) is 17.2. The number of piperidine rings is 1. The topological polar surface area (TPSA) is 52.7 Å². The highest BCUT2D eigenvalue weighted by Gasteiger charge is 2.37. The molecule has 2 rings (SSSR count). The zero-order valence-electron chi connectivity index (χ0n) is 13.6. The predicted molar refractivity (Wildman–Crippen MR) is 86.4 cm³/mol. The van der Waals surface area contributed by atoms with Gasteiger partial charge >= 0.3 is 0 Å². The molecule has 1 aliphatic carbocycles. The van der Waals surface area contributed by atoms with E-state index >= 15 is 0 Å². The summed E-state index contributed by atoms with van der Waals surface area (Å²) in [5, 5.41) is 3.14. The molecule has 1 N–H and O–H groups in total. The Hall–Kier alpha value is -0.170. The molecule has 1 saturated heterocycles. The summed E-state index contributed by atoms with van der Waals surface area (Å²) in [4.78, 5) is 0. The summed E-state index contributed by atoms with van der Waals surface area (Å²) in [5.74, 6) is 0. The first-order chi connectivity index (χ1) is 10.1. The molecule has 1 heterocycles. The van der Waals surface area contributed by atoms with Gasteiger partial charge in [0.2, 0.25) is 0 Å². The van der Waals surface area contributed by atoms with Crippen molar-refractivity contribution in [2.75, 3.05) is 27.2 Å². The van der Waals surface area contributed by atoms with E-state index in [-0.39, 0.29) is 12.1 Å². The second kappa shape index (κ2) is 7.90. The first-order valence-corrected chi connectivity index (χ1v) is 9.86. The van der Waals surface area contributed by atoms with E-state index < -0.39 is 10.2 Å². The predicted octanol–water partition coefficient (Wildman–Crippen LogP) is 1.96. The third kappa shape index (κ3) is 4.18. The lowest BCUT2D eigenvalue weighted by atomic mass is 9.96. The van der Waals surface area contributed by atoms with Crippen molar-refractivity contribution in [1.82, 2.24) is 13.9 Å². The molecule has 0 radical (unpaired) electrons. The van der Waals surface area contributed by atoms with E-state index in [1.807, 2.05) is 7.05 Å². The monoisotopic (exact) mass is 317 g/mol. The average molecular weight is 317 g/mol. The summed E-state index contributed by atoms with van der Waals surface area (Å²) < 4.78 is 29.4. The molecule has 0 aromatic rings. The van der Waals surface area contributed by atoms with Crippen molar-refractivity contribution < 1.29 is 8.42 Å². The van der Waals surface area contributed by atoms with Gasteiger partial charge in [-0.05, 0) is 45.7 Å². The molecule has 1 aliphatic heterocycles. The minimum atomic E-state index is -3.30. The van der Waals surface area contributed by atoms with Gasteiger partial charge in [0.1, 0.15) is 0 Å². The van der Waals surface area contributed by atoms with Crippen LogP contribution in [0.1, 0.15) is 57.8 Å². The van der Waals surface area contributed by atoms with E-state index in [0.717, 1.165) is 57.9 Å². The van der Waals surface area contributed by atoms with Crippen molar-refractivity contribution in [1.29, 1.82) is 0 Å². The van der Waals surface area contributed by atoms with E-state index in [0.29, 0.717) is 6.54 Å². The van der Waals surface area contributed by atoms with E-state index in [9.17, 15) is 8.42 Å². The molecular formula is C15H31N3O2S. The maximum atomic E-state index is 13.0. The second-order valence-electron chi connectivity index (χ2n) is 6.47. The van der Waals surface area contributed by atoms with Gasteiger partial charge in [-0.25, -0.2) is 0 Å². The van der Waals surface area contributed by atoms with Gasteiger partial charge < -0.3 is 5.32 Å². The lowest BCUT2D eigenvalue weighted by molar-refractivity contribution is 0.206. The van der Waals surface area contributed by atoms with Crippen LogP contribution in [0.25, 0.3) is 0 Å². The van der Waals surface area contributed by atoms with Crippen LogP contribution in [0.3, 0.4) is 0 Å². The molecule has 2 fully saturated rings. The molecule has 0 spiro atoms. The minimum Gasteiger partial charge on any atom is -0.320 e. The molecule has 0 aromatic heterocycles. The van der Waals surface area contributed by atoms with Crippen molar-refractivity contribution in [3.63, 3.8) is 0 Å². The highest BCUT2D eigenvalue weighted by Crippen LogP contribution is 2.29. The molecule has 1 atom stereocenters. The van der Waals surface area contributed by atoms with Gasteiger partial charge in [-0.15, -0.1) is 0 Å². The highest BCUT2D eigenvalue weighted by atomic mass is 32.2. The summed E-state index contributed by atoms with van der Waals surface area (Å²) >= 11 is 0. The van der Waals surface area contributed by atoms with Crippen LogP contribution in [-0.4, -0.2) is 56.3 Å². The summed E-state index contributed by atoms with van der Waals surface area (Å²) in [6.45, 7) is 1.57. The lowest BCUT2D eigenvalue weighted by Gasteiger charge is -2.40. The van der Waals surface area contributed by atoms with Gasteiger partial charge in [-0.1, -0.05) is 25.7 Å². The van der Waals surface area contributed by atoms with Crippen molar-refractivity contribution in [3.8, 4) is 0 Å². The molecule has 21 heavy (non-hydrogen) atoms. The van der Waals surface area contributed by atoms with Gasteiger partial charge in [-0.2, -0.15) is 17.0 Å². The van der Waals surface area contributed by atoms with Gasteiger partial charge in [-0.3, -0.25) is 0 Å². The molecule has 0 amide bonds. The van der Waals surface area contributed by atoms with Gasteiger partial charge in [0.15, 0.2) is 0 Å². The number of hydrogen-bond donors (Lipinski definition) is 1. The second-order valence-corrected chi connectivity index (χ2v) is 8.41. The molecule has 1 unspecified atom stereocenters. The zero-order valence-corrected chi connectivity index (χ0v) is 14.4. The van der Waals surface area contributed by atoms with Crippen molar-refractivity contribution in [2.45, 2.75) is 69.9 Å². The fourth-order valence-electron chi connectivity index (χ4n) is 3.68. The van der Waals surface area contributed by atoms with Gasteiger partial charge in [0.25, 0.3) is 10.2 Å². The molecule has 0 bridgehead atoms. The van der Waals surface area contributed by atoms with Crippen LogP contribution in [-0.2, 0) is 10.2 Å². The Morgan fingerprint density at radius 3 is 2.43 bits per heavy atom. The van der Waals surface area contributed by atoms with Crippen LogP contribution in [0.2, 0.25) is 0 Å². The van der Waals surface area contributed by atoms with Crippen molar-refractivity contribution >= 4 is 10.2 Å². The Kier molecular flexibility index (Phi) is 6.47. The summed E-state index contributed by atoms with van der Waals surface area (Å²) in [6.07, 6.45) is 9.66. The van der Waals surface area contributed by atoms with E-state index in [1.54, 1.807) is 15.7 Å². The van der Waals surface area contributed by atoms with Crippen LogP contribution in [0, 0.1) is 0 Å². The number of rotatable bonds is 6. The third-order valence-electron chi connectivity index (χ3n) is 5.05. The fourth-order valence-corrected chi connectivity index (χ4v) is 5.54. The maximum absolute atomic E-state index is 13.0. The Balaban J connectivity index is 2.07. The third-order valence-corrected chi connectivity index (χ3v) is 7.15. The first-order valence-electron chi connectivity index (χ1n) is 8.46. The van der Waals surface area contributed by atoms with Crippen LogP contribution in [0.5, 0.6) is 0 Å². The summed E-state index contributed by atoms with van der Waals surface area (Å²) in [5.41, 5.74) is 0. The average Bonchev–Trinajstić information content (AvgIpc) is 2.53. The van der Waals surface area contributed by atoms with Crippen molar-refractivity contribution in [3.05, 3.63) is 0 Å². The molecule has 124 valence electrons. The van der Waals surface area contributed by atoms with Crippen LogP contribution in [0.15, 0.2) is 0 Å². The summed E-state index contributed by atoms with van der Waals surface area (Å²) in [6, 6.07) is 0.373. The van der Waals surface area contributed by atoms with Crippen LogP contribution in [0.4, 0.5) is 0 Å². The minimum absolute atomic E-state index is 0.169. The Morgan fingerprint density at radius 2 is 1.76 bits per heavy atom. The fraction of sp³-hybridized carbons (Fsp3) is 1.00. The number of nitrogens with one attached hydrogen (secondary N) is 1. The van der Waals surface area contributed by atoms with E-state index in [2.05, 4.69) is 5.32 Å². The lowest BCUT2D eigenvalue weighted by Crippen LogP contribution is -2.52. The van der Waals surface area contributed by atoms with Crippen LogP contribution < -0.4 is 5.32 Å². The maximum Gasteiger partial charge on any atom is 0.282 e. The largest absolute Gasteiger partial charge is 0.320 e. The number of nitrogens with zero attached hydrogens (tertiary/aromatic N) is 2. The highest BCUT2D eigenvalue weighted by molar-refractivity contribution is 7.86. The summed E-state index contributed by atoms with van der Waals surface area (Å²) in [7, 11) is 0.411. The standard InChI is InChI=1S/C15H31N3O2S/c1-16-12-11-15-10-6-7-13-18(15)21(19,20)17(2)14-8-4-3-5-9-14/h14-16H,3-13H2,1-2H3.